The molecule has 0 fully saturated rings. The molecular weight excluding hydrogens is 383 g/mol. The van der Waals surface area contributed by atoms with Gasteiger partial charge in [-0.1, -0.05) is 12.1 Å². The largest absolute Gasteiger partial charge is 0.418 e. The second-order valence-corrected chi connectivity index (χ2v) is 6.87. The summed E-state index contributed by atoms with van der Waals surface area (Å²) in [6.07, 6.45) is -4.64. The number of anilines is 1. The molecular formula is C15H11F5N2O3S. The number of amides is 1. The van der Waals surface area contributed by atoms with Crippen molar-refractivity contribution in [2.24, 2.45) is 0 Å². The van der Waals surface area contributed by atoms with Gasteiger partial charge in [0.15, 0.2) is 0 Å². The van der Waals surface area contributed by atoms with Crippen LogP contribution >= 0.6 is 0 Å². The number of hydrazine groups is 1. The molecule has 0 saturated heterocycles. The molecule has 2 aromatic rings. The Balaban J connectivity index is 2.13. The number of benzene rings is 2. The molecule has 0 bridgehead atoms. The minimum Gasteiger partial charge on any atom is -0.298 e. The fourth-order valence-corrected chi connectivity index (χ4v) is 2.66. The molecule has 2 N–H and O–H groups in total. The van der Waals surface area contributed by atoms with Gasteiger partial charge in [0.2, 0.25) is 9.84 Å². The smallest absolute Gasteiger partial charge is 0.298 e. The van der Waals surface area contributed by atoms with Gasteiger partial charge < -0.3 is 0 Å². The maximum Gasteiger partial charge on any atom is 0.418 e. The summed E-state index contributed by atoms with van der Waals surface area (Å²) in [6.45, 7) is 0. The first-order chi connectivity index (χ1) is 12.0. The molecule has 2 aromatic carbocycles. The number of carbonyl (C=O) groups excluding carboxylic acids is 1. The Hall–Kier alpha value is -2.69. The highest BCUT2D eigenvalue weighted by atomic mass is 32.2. The number of nitrogens with one attached hydrogen (secondary N) is 2. The van der Waals surface area contributed by atoms with E-state index in [2.05, 4.69) is 5.43 Å². The van der Waals surface area contributed by atoms with Crippen LogP contribution in [0.5, 0.6) is 0 Å². The van der Waals surface area contributed by atoms with Crippen LogP contribution in [0.15, 0.2) is 53.4 Å². The number of alkyl halides is 5. The maximum absolute atomic E-state index is 12.8. The van der Waals surface area contributed by atoms with Crippen molar-refractivity contribution >= 4 is 21.4 Å². The summed E-state index contributed by atoms with van der Waals surface area (Å²) >= 11 is 0. The Morgan fingerprint density at radius 2 is 1.54 bits per heavy atom. The Labute approximate surface area is 144 Å². The summed E-state index contributed by atoms with van der Waals surface area (Å²) in [5.41, 5.74) is 2.60. The highest BCUT2D eigenvalue weighted by Gasteiger charge is 2.33. The molecule has 2 rings (SSSR count). The first kappa shape index (κ1) is 19.6. The SMILES string of the molecule is O=C(NNc1ccccc1C(F)(F)F)c1ccc(S(=O)(=O)C(F)F)cc1. The Bertz CT molecular complexity index is 896. The fourth-order valence-electron chi connectivity index (χ4n) is 1.93. The van der Waals surface area contributed by atoms with Gasteiger partial charge in [-0.3, -0.25) is 15.6 Å². The zero-order valence-corrected chi connectivity index (χ0v) is 13.5. The van der Waals surface area contributed by atoms with Gasteiger partial charge in [0, 0.05) is 5.56 Å². The number of carbonyl (C=O) groups is 1. The number of rotatable bonds is 5. The molecule has 0 atom stereocenters. The highest BCUT2D eigenvalue weighted by molar-refractivity contribution is 7.91. The average Bonchev–Trinajstić information content (AvgIpc) is 2.59. The van der Waals surface area contributed by atoms with E-state index in [1.165, 1.54) is 12.1 Å². The van der Waals surface area contributed by atoms with Crippen LogP contribution in [0.25, 0.3) is 0 Å². The van der Waals surface area contributed by atoms with Crippen molar-refractivity contribution in [1.82, 2.24) is 5.43 Å². The molecule has 0 aliphatic heterocycles. The zero-order valence-electron chi connectivity index (χ0n) is 12.7. The molecule has 0 aliphatic carbocycles. The third-order valence-electron chi connectivity index (χ3n) is 3.22. The van der Waals surface area contributed by atoms with E-state index >= 15 is 0 Å². The lowest BCUT2D eigenvalue weighted by Gasteiger charge is -2.15. The lowest BCUT2D eigenvalue weighted by atomic mass is 10.2. The van der Waals surface area contributed by atoms with Crippen LogP contribution in [0, 0.1) is 0 Å². The molecule has 140 valence electrons. The number of para-hydroxylation sites is 1. The van der Waals surface area contributed by atoms with E-state index in [1.54, 1.807) is 0 Å². The van der Waals surface area contributed by atoms with Crippen LogP contribution < -0.4 is 10.9 Å². The zero-order chi connectivity index (χ0) is 19.5. The summed E-state index contributed by atoms with van der Waals surface area (Å²) in [5.74, 6) is -4.49. The van der Waals surface area contributed by atoms with Gasteiger partial charge in [-0.05, 0) is 36.4 Å². The lowest BCUT2D eigenvalue weighted by Crippen LogP contribution is -2.30. The second-order valence-electron chi connectivity index (χ2n) is 4.95. The summed E-state index contributed by atoms with van der Waals surface area (Å²) in [7, 11) is -4.80. The molecule has 5 nitrogen and oxygen atoms in total. The molecule has 1 amide bonds. The molecule has 0 aliphatic rings. The van der Waals surface area contributed by atoms with E-state index in [0.717, 1.165) is 36.4 Å². The molecule has 11 heteroatoms. The summed E-state index contributed by atoms with van der Waals surface area (Å²) in [6, 6.07) is 7.95. The Kier molecular flexibility index (Phi) is 5.50. The van der Waals surface area contributed by atoms with Gasteiger partial charge in [-0.25, -0.2) is 8.42 Å². The topological polar surface area (TPSA) is 75.3 Å². The van der Waals surface area contributed by atoms with Crippen LogP contribution in [0.2, 0.25) is 0 Å². The first-order valence-corrected chi connectivity index (χ1v) is 8.43. The summed E-state index contributed by atoms with van der Waals surface area (Å²) in [4.78, 5) is 11.2. The van der Waals surface area contributed by atoms with Crippen molar-refractivity contribution in [1.29, 1.82) is 0 Å². The fraction of sp³-hybridized carbons (Fsp3) is 0.133. The predicted octanol–water partition coefficient (Wildman–Crippen LogP) is 3.46. The van der Waals surface area contributed by atoms with Gasteiger partial charge >= 0.3 is 11.9 Å². The predicted molar refractivity (Wildman–Crippen MR) is 82.2 cm³/mol. The van der Waals surface area contributed by atoms with Crippen molar-refractivity contribution in [3.05, 3.63) is 59.7 Å². The number of sulfone groups is 1. The van der Waals surface area contributed by atoms with E-state index in [4.69, 9.17) is 0 Å². The van der Waals surface area contributed by atoms with Crippen LogP contribution in [0.4, 0.5) is 27.6 Å². The van der Waals surface area contributed by atoms with E-state index in [0.29, 0.717) is 0 Å². The first-order valence-electron chi connectivity index (χ1n) is 6.88. The van der Waals surface area contributed by atoms with Gasteiger partial charge in [-0.15, -0.1) is 0 Å². The molecule has 0 saturated carbocycles. The Morgan fingerprint density at radius 3 is 2.08 bits per heavy atom. The van der Waals surface area contributed by atoms with Gasteiger partial charge in [0.05, 0.1) is 16.1 Å². The molecule has 0 unspecified atom stereocenters. The van der Waals surface area contributed by atoms with Crippen LogP contribution in [0.3, 0.4) is 0 Å². The molecule has 0 aromatic heterocycles. The molecule has 26 heavy (non-hydrogen) atoms. The summed E-state index contributed by atoms with van der Waals surface area (Å²) < 4.78 is 86.0. The molecule has 0 heterocycles. The minimum atomic E-state index is -4.80. The highest BCUT2D eigenvalue weighted by Crippen LogP contribution is 2.34. The van der Waals surface area contributed by atoms with Crippen molar-refractivity contribution in [3.63, 3.8) is 0 Å². The van der Waals surface area contributed by atoms with Gasteiger partial charge in [-0.2, -0.15) is 22.0 Å². The van der Waals surface area contributed by atoms with Gasteiger partial charge in [0.25, 0.3) is 5.91 Å². The van der Waals surface area contributed by atoms with Crippen molar-refractivity contribution in [2.45, 2.75) is 16.8 Å². The Morgan fingerprint density at radius 1 is 0.962 bits per heavy atom. The van der Waals surface area contributed by atoms with Gasteiger partial charge in [0.1, 0.15) is 0 Å². The van der Waals surface area contributed by atoms with Crippen molar-refractivity contribution in [2.75, 3.05) is 5.43 Å². The van der Waals surface area contributed by atoms with Crippen LogP contribution in [-0.2, 0) is 16.0 Å². The van der Waals surface area contributed by atoms with E-state index in [1.807, 2.05) is 5.43 Å². The van der Waals surface area contributed by atoms with Crippen molar-refractivity contribution < 1.29 is 35.2 Å². The third kappa shape index (κ3) is 4.28. The van der Waals surface area contributed by atoms with E-state index in [-0.39, 0.29) is 5.56 Å². The normalized spacial score (nSPS) is 12.1. The average molecular weight is 394 g/mol. The third-order valence-corrected chi connectivity index (χ3v) is 4.62. The number of halogens is 5. The maximum atomic E-state index is 12.8. The minimum absolute atomic E-state index is 0.143. The van der Waals surface area contributed by atoms with Crippen molar-refractivity contribution in [3.8, 4) is 0 Å². The quantitative estimate of drug-likeness (QED) is 0.602. The van der Waals surface area contributed by atoms with Crippen LogP contribution in [0.1, 0.15) is 15.9 Å². The second kappa shape index (κ2) is 7.28. The number of hydrogen-bond acceptors (Lipinski definition) is 4. The molecule has 0 spiro atoms. The summed E-state index contributed by atoms with van der Waals surface area (Å²) in [5, 5.41) is 0. The number of hydrogen-bond donors (Lipinski definition) is 2. The standard InChI is InChI=1S/C15H11F5N2O3S/c16-14(17)26(24,25)10-7-5-9(6-8-10)13(23)22-21-12-4-2-1-3-11(12)15(18,19)20/h1-8,14,21H,(H,22,23). The monoisotopic (exact) mass is 394 g/mol. The van der Waals surface area contributed by atoms with Crippen LogP contribution in [-0.4, -0.2) is 20.1 Å². The molecule has 0 radical (unpaired) electrons. The van der Waals surface area contributed by atoms with E-state index in [9.17, 15) is 35.2 Å². The van der Waals surface area contributed by atoms with E-state index < -0.39 is 43.8 Å². The lowest BCUT2D eigenvalue weighted by molar-refractivity contribution is -0.137.